The first kappa shape index (κ1) is 15.3. The molecule has 1 rings (SSSR count). The highest BCUT2D eigenvalue weighted by Crippen LogP contribution is 2.32. The van der Waals surface area contributed by atoms with Crippen molar-refractivity contribution < 1.29 is 14.3 Å². The Bertz CT molecular complexity index is 427. The molecule has 0 aliphatic carbocycles. The van der Waals surface area contributed by atoms with Gasteiger partial charge in [0.25, 0.3) is 0 Å². The van der Waals surface area contributed by atoms with Gasteiger partial charge in [0.1, 0.15) is 12.4 Å². The van der Waals surface area contributed by atoms with Gasteiger partial charge >= 0.3 is 6.09 Å². The molecule has 0 saturated carbocycles. The second-order valence-corrected chi connectivity index (χ2v) is 5.19. The molecule has 0 aromatic heterocycles. The van der Waals surface area contributed by atoms with E-state index in [0.717, 1.165) is 20.3 Å². The molecular weight excluding hydrogens is 368 g/mol. The van der Waals surface area contributed by atoms with Crippen LogP contribution in [0.1, 0.15) is 5.56 Å². The van der Waals surface area contributed by atoms with Gasteiger partial charge in [0.05, 0.1) is 11.6 Å². The van der Waals surface area contributed by atoms with E-state index >= 15 is 0 Å². The number of primary amides is 1. The maximum Gasteiger partial charge on any atom is 0.404 e. The number of nitrogens with two attached hydrogens (primary N) is 1. The summed E-state index contributed by atoms with van der Waals surface area (Å²) in [7, 11) is 1.62. The van der Waals surface area contributed by atoms with Crippen LogP contribution in [0.3, 0.4) is 0 Å². The summed E-state index contributed by atoms with van der Waals surface area (Å²) in [6.45, 7) is 1.37. The lowest BCUT2D eigenvalue weighted by Gasteiger charge is -2.12. The predicted octanol–water partition coefficient (Wildman–Crippen LogP) is 2.41. The van der Waals surface area contributed by atoms with Crippen LogP contribution in [0.4, 0.5) is 4.79 Å². The second-order valence-electron chi connectivity index (χ2n) is 3.42. The van der Waals surface area contributed by atoms with Gasteiger partial charge in [-0.2, -0.15) is 0 Å². The number of hydrogen-bond acceptors (Lipinski definition) is 4. The molecule has 18 heavy (non-hydrogen) atoms. The maximum atomic E-state index is 10.4. The van der Waals surface area contributed by atoms with Crippen molar-refractivity contribution in [1.82, 2.24) is 5.32 Å². The first-order chi connectivity index (χ1) is 8.54. The Labute approximate surface area is 122 Å². The summed E-state index contributed by atoms with van der Waals surface area (Å²) >= 11 is 6.85. The molecule has 7 heteroatoms. The van der Waals surface area contributed by atoms with Crippen LogP contribution < -0.4 is 15.8 Å². The number of benzene rings is 1. The highest BCUT2D eigenvalue weighted by atomic mass is 79.9. The van der Waals surface area contributed by atoms with Gasteiger partial charge in [-0.3, -0.25) is 0 Å². The number of carbonyl (C=O) groups is 1. The van der Waals surface area contributed by atoms with Crippen LogP contribution >= 0.6 is 31.9 Å². The minimum absolute atomic E-state index is 0.243. The maximum absolute atomic E-state index is 10.4. The molecule has 0 aliphatic rings. The van der Waals surface area contributed by atoms with E-state index in [2.05, 4.69) is 41.9 Å². The van der Waals surface area contributed by atoms with Crippen molar-refractivity contribution >= 4 is 38.0 Å². The Kier molecular flexibility index (Phi) is 6.45. The molecule has 0 atom stereocenters. The molecule has 0 saturated heterocycles. The molecule has 0 bridgehead atoms. The van der Waals surface area contributed by atoms with Crippen LogP contribution in [0.15, 0.2) is 21.1 Å². The van der Waals surface area contributed by atoms with Crippen LogP contribution in [0.25, 0.3) is 0 Å². The highest BCUT2D eigenvalue weighted by Gasteiger charge is 2.08. The van der Waals surface area contributed by atoms with Crippen LogP contribution in [0, 0.1) is 0 Å². The topological polar surface area (TPSA) is 73.6 Å². The molecule has 3 N–H and O–H groups in total. The molecule has 0 heterocycles. The predicted molar refractivity (Wildman–Crippen MR) is 75.6 cm³/mol. The summed E-state index contributed by atoms with van der Waals surface area (Å²) in [4.78, 5) is 10.4. The standard InChI is InChI=1S/C11H14Br2N2O3/c1-17-10-7(4-8(12)5-9(10)13)6-15-2-3-18-11(14)16/h4-5,15H,2-3,6H2,1H3,(H2,14,16). The minimum Gasteiger partial charge on any atom is -0.495 e. The van der Waals surface area contributed by atoms with Crippen molar-refractivity contribution in [2.24, 2.45) is 5.73 Å². The third kappa shape index (κ3) is 4.83. The van der Waals surface area contributed by atoms with Gasteiger partial charge in [0.2, 0.25) is 0 Å². The van der Waals surface area contributed by atoms with Gasteiger partial charge in [-0.25, -0.2) is 4.79 Å². The summed E-state index contributed by atoms with van der Waals surface area (Å²) < 4.78 is 11.8. The van der Waals surface area contributed by atoms with E-state index in [0.29, 0.717) is 13.1 Å². The number of amides is 1. The number of nitrogens with one attached hydrogen (secondary N) is 1. The fourth-order valence-electron chi connectivity index (χ4n) is 1.42. The average Bonchev–Trinajstić information content (AvgIpc) is 2.27. The minimum atomic E-state index is -0.764. The molecule has 1 amide bonds. The van der Waals surface area contributed by atoms with E-state index in [9.17, 15) is 4.79 Å². The molecule has 1 aromatic rings. The van der Waals surface area contributed by atoms with E-state index in [1.165, 1.54) is 0 Å². The zero-order valence-corrected chi connectivity index (χ0v) is 13.0. The molecule has 0 aliphatic heterocycles. The Hall–Kier alpha value is -0.790. The summed E-state index contributed by atoms with van der Waals surface area (Å²) in [6, 6.07) is 3.88. The quantitative estimate of drug-likeness (QED) is 0.742. The van der Waals surface area contributed by atoms with Crippen LogP contribution in [-0.2, 0) is 11.3 Å². The first-order valence-corrected chi connectivity index (χ1v) is 6.78. The van der Waals surface area contributed by atoms with Crippen molar-refractivity contribution in [2.75, 3.05) is 20.3 Å². The fourth-order valence-corrected chi connectivity index (χ4v) is 2.90. The van der Waals surface area contributed by atoms with Crippen molar-refractivity contribution in [2.45, 2.75) is 6.54 Å². The van der Waals surface area contributed by atoms with E-state index in [4.69, 9.17) is 10.5 Å². The van der Waals surface area contributed by atoms with Crippen molar-refractivity contribution in [3.8, 4) is 5.75 Å². The summed E-state index contributed by atoms with van der Waals surface area (Å²) in [5.74, 6) is 0.779. The van der Waals surface area contributed by atoms with E-state index in [1.807, 2.05) is 12.1 Å². The Balaban J connectivity index is 2.53. The van der Waals surface area contributed by atoms with Gasteiger partial charge in [-0.05, 0) is 28.1 Å². The molecule has 0 spiro atoms. The zero-order chi connectivity index (χ0) is 13.5. The third-order valence-corrected chi connectivity index (χ3v) is 3.17. The lowest BCUT2D eigenvalue weighted by molar-refractivity contribution is 0.157. The highest BCUT2D eigenvalue weighted by molar-refractivity contribution is 9.11. The molecule has 0 unspecified atom stereocenters. The Morgan fingerprint density at radius 2 is 2.17 bits per heavy atom. The number of ether oxygens (including phenoxy) is 2. The van der Waals surface area contributed by atoms with Gasteiger partial charge in [-0.1, -0.05) is 15.9 Å². The lowest BCUT2D eigenvalue weighted by Crippen LogP contribution is -2.23. The SMILES string of the molecule is COc1c(Br)cc(Br)cc1CNCCOC(N)=O. The molecule has 0 radical (unpaired) electrons. The Morgan fingerprint density at radius 3 is 2.78 bits per heavy atom. The van der Waals surface area contributed by atoms with E-state index in [1.54, 1.807) is 7.11 Å². The monoisotopic (exact) mass is 380 g/mol. The molecule has 5 nitrogen and oxygen atoms in total. The summed E-state index contributed by atoms with van der Waals surface area (Å²) in [6.07, 6.45) is -0.764. The summed E-state index contributed by atoms with van der Waals surface area (Å²) in [5, 5.41) is 3.13. The van der Waals surface area contributed by atoms with Crippen molar-refractivity contribution in [3.05, 3.63) is 26.6 Å². The second kappa shape index (κ2) is 7.60. The fraction of sp³-hybridized carbons (Fsp3) is 0.364. The van der Waals surface area contributed by atoms with Crippen LogP contribution in [0.2, 0.25) is 0 Å². The zero-order valence-electron chi connectivity index (χ0n) is 9.83. The number of methoxy groups -OCH3 is 1. The summed E-state index contributed by atoms with van der Waals surface area (Å²) in [5.41, 5.74) is 5.85. The molecular formula is C11H14Br2N2O3. The average molecular weight is 382 g/mol. The molecule has 0 fully saturated rings. The largest absolute Gasteiger partial charge is 0.495 e. The third-order valence-electron chi connectivity index (χ3n) is 2.13. The smallest absolute Gasteiger partial charge is 0.404 e. The number of hydrogen-bond donors (Lipinski definition) is 2. The van der Waals surface area contributed by atoms with Crippen LogP contribution in [-0.4, -0.2) is 26.4 Å². The lowest BCUT2D eigenvalue weighted by atomic mass is 10.2. The normalized spacial score (nSPS) is 10.2. The Morgan fingerprint density at radius 1 is 1.44 bits per heavy atom. The van der Waals surface area contributed by atoms with E-state index < -0.39 is 6.09 Å². The van der Waals surface area contributed by atoms with Crippen molar-refractivity contribution in [3.63, 3.8) is 0 Å². The molecule has 1 aromatic carbocycles. The molecule has 100 valence electrons. The van der Waals surface area contributed by atoms with Gasteiger partial charge in [0.15, 0.2) is 0 Å². The number of rotatable bonds is 6. The van der Waals surface area contributed by atoms with E-state index in [-0.39, 0.29) is 6.61 Å². The number of halogens is 2. The first-order valence-electron chi connectivity index (χ1n) is 5.19. The number of carbonyl (C=O) groups excluding carboxylic acids is 1. The van der Waals surface area contributed by atoms with Gasteiger partial charge in [-0.15, -0.1) is 0 Å². The van der Waals surface area contributed by atoms with Crippen molar-refractivity contribution in [1.29, 1.82) is 0 Å². The van der Waals surface area contributed by atoms with Gasteiger partial charge < -0.3 is 20.5 Å². The van der Waals surface area contributed by atoms with Gasteiger partial charge in [0, 0.05) is 23.1 Å². The van der Waals surface area contributed by atoms with Crippen LogP contribution in [0.5, 0.6) is 5.75 Å².